The molecule has 13 rings (SSSR count). The lowest BCUT2D eigenvalue weighted by molar-refractivity contribution is 0.480. The van der Waals surface area contributed by atoms with Crippen LogP contribution in [0.3, 0.4) is 0 Å². The van der Waals surface area contributed by atoms with Crippen molar-refractivity contribution in [2.45, 2.75) is 216 Å². The Hall–Kier alpha value is -8.87. The van der Waals surface area contributed by atoms with Gasteiger partial charge in [0.15, 0.2) is 0 Å². The Labute approximate surface area is 591 Å². The van der Waals surface area contributed by atoms with Crippen LogP contribution in [-0.2, 0) is 32.5 Å². The summed E-state index contributed by atoms with van der Waals surface area (Å²) in [7, 11) is 0. The molecule has 0 saturated heterocycles. The molecule has 0 unspecified atom stereocenters. The van der Waals surface area contributed by atoms with Crippen LogP contribution in [0.5, 0.6) is 11.5 Å². The van der Waals surface area contributed by atoms with E-state index in [0.717, 1.165) is 89.3 Å². The molecule has 510 valence electrons. The predicted octanol–water partition coefficient (Wildman–Crippen LogP) is 27.3. The maximum absolute atomic E-state index is 7.76. The van der Waals surface area contributed by atoms with Gasteiger partial charge in [0.25, 0.3) is 0 Å². The number of rotatable bonds is 11. The molecule has 1 aliphatic heterocycles. The third kappa shape index (κ3) is 12.8. The highest BCUT2D eigenvalue weighted by Gasteiger charge is 2.35. The lowest BCUT2D eigenvalue weighted by atomic mass is 9.77. The minimum absolute atomic E-state index is 0.0891. The molecule has 0 aliphatic carbocycles. The molecule has 0 N–H and O–H groups in total. The predicted molar refractivity (Wildman–Crippen MR) is 425 cm³/mol. The second-order valence-corrected chi connectivity index (χ2v) is 35.7. The summed E-state index contributed by atoms with van der Waals surface area (Å²) in [5.74, 6) is 3.21. The molecule has 3 aromatic heterocycles. The van der Waals surface area contributed by atoms with Gasteiger partial charge in [0.05, 0.1) is 33.5 Å². The second-order valence-electron chi connectivity index (χ2n) is 35.7. The van der Waals surface area contributed by atoms with Crippen molar-refractivity contribution in [3.8, 4) is 50.7 Å². The molecule has 12 aromatic rings. The fraction of sp³-hybridized carbons (Fsp3) is 0.366. The van der Waals surface area contributed by atoms with Crippen molar-refractivity contribution < 1.29 is 9.15 Å². The standard InChI is InChI=1S/C93H106N4O2/c1-55(2)58-46-74(56(3)4)83(75(47-58)57(5)6)61-44-67(51-68(45-61)98-69-52-76(93(22,23)24)84-80(53-69)97(82-50-62(38-39-94-82)88(7,8)9)79-37-36-73-72-30-25-28-35-81(72)99-87(73)85(79)84)95-54-96(78-34-27-26-33-77(78)95)86-70(59-40-63(89(10,11)12)48-64(41-59)90(13,14)15)31-29-32-71(86)60-42-65(91(16,17)18)49-66(43-60)92(19,20)21/h25-53,55-57H,54H2,1-24H3. The van der Waals surface area contributed by atoms with E-state index in [1.165, 1.54) is 78.0 Å². The van der Waals surface area contributed by atoms with E-state index in [-0.39, 0.29) is 44.3 Å². The highest BCUT2D eigenvalue weighted by molar-refractivity contribution is 6.25. The third-order valence-corrected chi connectivity index (χ3v) is 20.9. The zero-order valence-corrected chi connectivity index (χ0v) is 63.8. The molecule has 0 atom stereocenters. The van der Waals surface area contributed by atoms with Crippen LogP contribution in [0.25, 0.3) is 82.9 Å². The van der Waals surface area contributed by atoms with Crippen molar-refractivity contribution in [3.63, 3.8) is 0 Å². The van der Waals surface area contributed by atoms with Crippen molar-refractivity contribution in [2.75, 3.05) is 16.5 Å². The molecular weight excluding hydrogens is 1210 g/mol. The average Bonchev–Trinajstić information content (AvgIpc) is 1.54. The lowest BCUT2D eigenvalue weighted by Crippen LogP contribution is -2.25. The number of aromatic nitrogens is 2. The van der Waals surface area contributed by atoms with Crippen LogP contribution in [-0.4, -0.2) is 16.2 Å². The van der Waals surface area contributed by atoms with Gasteiger partial charge in [-0.25, -0.2) is 4.98 Å². The summed E-state index contributed by atoms with van der Waals surface area (Å²) in [5, 5.41) is 4.40. The van der Waals surface area contributed by atoms with Gasteiger partial charge in [-0.15, -0.1) is 0 Å². The van der Waals surface area contributed by atoms with Crippen LogP contribution in [0.4, 0.5) is 22.7 Å². The van der Waals surface area contributed by atoms with Crippen molar-refractivity contribution in [1.29, 1.82) is 0 Å². The highest BCUT2D eigenvalue weighted by atomic mass is 16.5. The molecule has 0 fully saturated rings. The minimum atomic E-state index is -0.336. The molecule has 0 amide bonds. The Morgan fingerprint density at radius 3 is 1.46 bits per heavy atom. The van der Waals surface area contributed by atoms with Gasteiger partial charge in [-0.05, 0) is 183 Å². The molecule has 9 aromatic carbocycles. The third-order valence-electron chi connectivity index (χ3n) is 20.9. The summed E-state index contributed by atoms with van der Waals surface area (Å²) < 4.78 is 17.1. The first-order chi connectivity index (χ1) is 46.3. The monoisotopic (exact) mass is 1310 g/mol. The van der Waals surface area contributed by atoms with Crippen LogP contribution in [0.1, 0.15) is 234 Å². The van der Waals surface area contributed by atoms with Crippen molar-refractivity contribution in [2.24, 2.45) is 0 Å². The minimum Gasteiger partial charge on any atom is -0.457 e. The molecule has 6 nitrogen and oxygen atoms in total. The van der Waals surface area contributed by atoms with Crippen molar-refractivity contribution in [3.05, 3.63) is 226 Å². The van der Waals surface area contributed by atoms with Gasteiger partial charge < -0.3 is 19.0 Å². The van der Waals surface area contributed by atoms with Gasteiger partial charge in [-0.3, -0.25) is 4.57 Å². The number of hydrogen-bond acceptors (Lipinski definition) is 5. The average molecular weight is 1310 g/mol. The molecule has 0 saturated carbocycles. The van der Waals surface area contributed by atoms with E-state index >= 15 is 0 Å². The first-order valence-electron chi connectivity index (χ1n) is 36.3. The fourth-order valence-electron chi connectivity index (χ4n) is 14.9. The number of anilines is 4. The molecule has 6 heteroatoms. The normalized spacial score (nSPS) is 13.6. The van der Waals surface area contributed by atoms with E-state index in [9.17, 15) is 0 Å². The molecule has 4 heterocycles. The quantitative estimate of drug-likeness (QED) is 0.129. The number of furan rings is 1. The van der Waals surface area contributed by atoms with E-state index in [0.29, 0.717) is 12.6 Å². The maximum atomic E-state index is 7.76. The van der Waals surface area contributed by atoms with Crippen LogP contribution < -0.4 is 14.5 Å². The number of nitrogens with zero attached hydrogens (tertiary/aromatic N) is 4. The number of fused-ring (bicyclic) bond motifs is 8. The van der Waals surface area contributed by atoms with Gasteiger partial charge in [-0.1, -0.05) is 263 Å². The summed E-state index contributed by atoms with van der Waals surface area (Å²) in [6, 6.07) is 64.9. The number of ether oxygens (including phenoxy) is 1. The summed E-state index contributed by atoms with van der Waals surface area (Å²) in [4.78, 5) is 10.4. The summed E-state index contributed by atoms with van der Waals surface area (Å²) >= 11 is 0. The highest BCUT2D eigenvalue weighted by Crippen LogP contribution is 2.54. The first kappa shape index (κ1) is 68.6. The maximum Gasteiger partial charge on any atom is 0.145 e. The largest absolute Gasteiger partial charge is 0.457 e. The van der Waals surface area contributed by atoms with Gasteiger partial charge in [-0.2, -0.15) is 0 Å². The Morgan fingerprint density at radius 2 is 0.939 bits per heavy atom. The Morgan fingerprint density at radius 1 is 0.414 bits per heavy atom. The van der Waals surface area contributed by atoms with Crippen LogP contribution in [0.2, 0.25) is 0 Å². The fourth-order valence-corrected chi connectivity index (χ4v) is 14.9. The van der Waals surface area contributed by atoms with E-state index in [4.69, 9.17) is 14.1 Å². The molecule has 0 bridgehead atoms. The number of para-hydroxylation sites is 4. The Bertz CT molecular complexity index is 4950. The molecular formula is C93H106N4O2. The van der Waals surface area contributed by atoms with Crippen molar-refractivity contribution in [1.82, 2.24) is 9.55 Å². The lowest BCUT2D eigenvalue weighted by Gasteiger charge is -2.31. The SMILES string of the molecule is CC(C)c1cc(C(C)C)c(-c2cc(Oc3cc(C(C)(C)C)c4c5c6oc7ccccc7c6ccc5n(-c5cc(C(C)(C)C)ccn5)c4c3)cc(N3CN(c4c(-c5cc(C(C)(C)C)cc(C(C)(C)C)c5)cccc4-c4cc(C(C)(C)C)cc(C(C)(C)C)c4)c4ccccc43)c2)c(C(C)C)c1. The Kier molecular flexibility index (Phi) is 17.0. The van der Waals surface area contributed by atoms with Gasteiger partial charge >= 0.3 is 0 Å². The Balaban J connectivity index is 1.08. The summed E-state index contributed by atoms with van der Waals surface area (Å²) in [5.41, 5.74) is 26.5. The van der Waals surface area contributed by atoms with E-state index < -0.39 is 0 Å². The first-order valence-corrected chi connectivity index (χ1v) is 36.3. The number of benzene rings is 9. The zero-order valence-electron chi connectivity index (χ0n) is 63.8. The van der Waals surface area contributed by atoms with Gasteiger partial charge in [0, 0.05) is 51.3 Å². The summed E-state index contributed by atoms with van der Waals surface area (Å²) in [6.07, 6.45) is 1.97. The van der Waals surface area contributed by atoms with Crippen LogP contribution in [0.15, 0.2) is 180 Å². The van der Waals surface area contributed by atoms with E-state index in [1.54, 1.807) is 0 Å². The smallest absolute Gasteiger partial charge is 0.145 e. The van der Waals surface area contributed by atoms with E-state index in [2.05, 4.69) is 350 Å². The van der Waals surface area contributed by atoms with Gasteiger partial charge in [0.1, 0.15) is 35.2 Å². The molecule has 1 aliphatic rings. The summed E-state index contributed by atoms with van der Waals surface area (Å²) in [6.45, 7) is 56.6. The molecule has 99 heavy (non-hydrogen) atoms. The van der Waals surface area contributed by atoms with Gasteiger partial charge in [0.2, 0.25) is 0 Å². The number of hydrogen-bond donors (Lipinski definition) is 0. The molecule has 0 radical (unpaired) electrons. The zero-order chi connectivity index (χ0) is 71.1. The number of pyridine rings is 1. The van der Waals surface area contributed by atoms with Crippen LogP contribution >= 0.6 is 0 Å². The molecule has 0 spiro atoms. The van der Waals surface area contributed by atoms with Crippen LogP contribution in [0, 0.1) is 0 Å². The van der Waals surface area contributed by atoms with Crippen molar-refractivity contribution >= 4 is 66.5 Å². The second kappa shape index (κ2) is 24.5. The van der Waals surface area contributed by atoms with E-state index in [1.807, 2.05) is 6.20 Å². The topological polar surface area (TPSA) is 46.7 Å².